The molecular formula is C25H27N3OS. The standard InChI is InChI=1S/C25H27N3OS/c1-16(13-23-22-14-19(29-4)9-10-20(22)17(2)27-28-23)24-11-12-25(30-24)21-8-6-5-7-18(21)15-26-3/h5-12,14,16,26H,13,15H2,1-4H3/t16-/m0/s1. The summed E-state index contributed by atoms with van der Waals surface area (Å²) in [5.41, 5.74) is 4.60. The molecule has 0 saturated carbocycles. The Balaban J connectivity index is 1.63. The Morgan fingerprint density at radius 1 is 1.03 bits per heavy atom. The van der Waals surface area contributed by atoms with E-state index in [0.29, 0.717) is 5.92 Å². The van der Waals surface area contributed by atoms with Gasteiger partial charge in [0.15, 0.2) is 0 Å². The average molecular weight is 418 g/mol. The van der Waals surface area contributed by atoms with E-state index in [1.165, 1.54) is 20.9 Å². The van der Waals surface area contributed by atoms with Crippen molar-refractivity contribution < 1.29 is 4.74 Å². The number of hydrogen-bond donors (Lipinski definition) is 1. The zero-order valence-electron chi connectivity index (χ0n) is 17.9. The van der Waals surface area contributed by atoms with Crippen LogP contribution < -0.4 is 10.1 Å². The number of fused-ring (bicyclic) bond motifs is 1. The molecule has 0 radical (unpaired) electrons. The van der Waals surface area contributed by atoms with Gasteiger partial charge in [0, 0.05) is 27.1 Å². The first kappa shape index (κ1) is 20.5. The van der Waals surface area contributed by atoms with Gasteiger partial charge in [-0.25, -0.2) is 0 Å². The molecule has 2 aromatic carbocycles. The maximum Gasteiger partial charge on any atom is 0.119 e. The minimum Gasteiger partial charge on any atom is -0.497 e. The van der Waals surface area contributed by atoms with Gasteiger partial charge in [0.2, 0.25) is 0 Å². The van der Waals surface area contributed by atoms with E-state index in [9.17, 15) is 0 Å². The van der Waals surface area contributed by atoms with Crippen LogP contribution in [0.25, 0.3) is 21.2 Å². The van der Waals surface area contributed by atoms with Crippen LogP contribution in [-0.4, -0.2) is 24.4 Å². The molecule has 0 saturated heterocycles. The number of hydrogen-bond acceptors (Lipinski definition) is 5. The first-order valence-corrected chi connectivity index (χ1v) is 11.0. The second-order valence-electron chi connectivity index (χ2n) is 7.64. The Morgan fingerprint density at radius 2 is 1.87 bits per heavy atom. The molecule has 30 heavy (non-hydrogen) atoms. The molecule has 0 aliphatic carbocycles. The molecular weight excluding hydrogens is 390 g/mol. The Kier molecular flexibility index (Phi) is 6.11. The summed E-state index contributed by atoms with van der Waals surface area (Å²) in [7, 11) is 3.69. The lowest BCUT2D eigenvalue weighted by molar-refractivity contribution is 0.415. The molecule has 0 aliphatic heterocycles. The molecule has 0 bridgehead atoms. The van der Waals surface area contributed by atoms with Gasteiger partial charge in [-0.1, -0.05) is 31.2 Å². The van der Waals surface area contributed by atoms with Crippen LogP contribution in [0.5, 0.6) is 5.75 Å². The summed E-state index contributed by atoms with van der Waals surface area (Å²) in [6, 6.07) is 19.2. The summed E-state index contributed by atoms with van der Waals surface area (Å²) in [6.45, 7) is 5.14. The molecule has 4 rings (SSSR count). The zero-order chi connectivity index (χ0) is 21.1. The Bertz CT molecular complexity index is 1170. The number of aryl methyl sites for hydroxylation is 1. The molecule has 2 heterocycles. The molecule has 4 aromatic rings. The maximum atomic E-state index is 5.44. The van der Waals surface area contributed by atoms with E-state index in [2.05, 4.69) is 71.0 Å². The molecule has 0 unspecified atom stereocenters. The number of benzene rings is 2. The molecule has 5 heteroatoms. The third-order valence-electron chi connectivity index (χ3n) is 5.51. The van der Waals surface area contributed by atoms with Gasteiger partial charge in [0.25, 0.3) is 0 Å². The molecule has 0 spiro atoms. The number of methoxy groups -OCH3 is 1. The van der Waals surface area contributed by atoms with Crippen molar-refractivity contribution in [3.8, 4) is 16.2 Å². The lowest BCUT2D eigenvalue weighted by atomic mass is 9.99. The Hall–Kier alpha value is -2.76. The van der Waals surface area contributed by atoms with Crippen LogP contribution in [0.1, 0.15) is 34.7 Å². The molecule has 0 amide bonds. The minimum atomic E-state index is 0.353. The van der Waals surface area contributed by atoms with Crippen LogP contribution in [0, 0.1) is 6.92 Å². The van der Waals surface area contributed by atoms with Crippen molar-refractivity contribution in [2.45, 2.75) is 32.7 Å². The summed E-state index contributed by atoms with van der Waals surface area (Å²) >= 11 is 1.87. The summed E-state index contributed by atoms with van der Waals surface area (Å²) in [5.74, 6) is 1.20. The predicted molar refractivity (Wildman–Crippen MR) is 125 cm³/mol. The van der Waals surface area contributed by atoms with Gasteiger partial charge in [-0.15, -0.1) is 11.3 Å². The topological polar surface area (TPSA) is 47.0 Å². The van der Waals surface area contributed by atoms with E-state index in [0.717, 1.165) is 40.9 Å². The molecule has 2 aromatic heterocycles. The van der Waals surface area contributed by atoms with Crippen LogP contribution in [0.2, 0.25) is 0 Å². The Morgan fingerprint density at radius 3 is 2.67 bits per heavy atom. The second-order valence-corrected chi connectivity index (χ2v) is 8.75. The quantitative estimate of drug-likeness (QED) is 0.416. The van der Waals surface area contributed by atoms with E-state index < -0.39 is 0 Å². The largest absolute Gasteiger partial charge is 0.497 e. The van der Waals surface area contributed by atoms with Crippen LogP contribution in [0.4, 0.5) is 0 Å². The van der Waals surface area contributed by atoms with Crippen molar-refractivity contribution in [3.05, 3.63) is 76.4 Å². The fourth-order valence-corrected chi connectivity index (χ4v) is 4.98. The summed E-state index contributed by atoms with van der Waals surface area (Å²) < 4.78 is 5.44. The van der Waals surface area contributed by atoms with Crippen LogP contribution >= 0.6 is 11.3 Å². The third-order valence-corrected chi connectivity index (χ3v) is 6.86. The number of thiophene rings is 1. The lowest BCUT2D eigenvalue weighted by Crippen LogP contribution is -2.05. The second kappa shape index (κ2) is 8.94. The van der Waals surface area contributed by atoms with E-state index in [1.807, 2.05) is 31.4 Å². The van der Waals surface area contributed by atoms with Crippen LogP contribution in [-0.2, 0) is 13.0 Å². The van der Waals surface area contributed by atoms with E-state index >= 15 is 0 Å². The van der Waals surface area contributed by atoms with E-state index in [1.54, 1.807) is 7.11 Å². The smallest absolute Gasteiger partial charge is 0.119 e. The average Bonchev–Trinajstić information content (AvgIpc) is 3.26. The van der Waals surface area contributed by atoms with Crippen molar-refractivity contribution in [1.29, 1.82) is 0 Å². The van der Waals surface area contributed by atoms with Crippen molar-refractivity contribution in [3.63, 3.8) is 0 Å². The lowest BCUT2D eigenvalue weighted by Gasteiger charge is -2.13. The first-order chi connectivity index (χ1) is 14.6. The molecule has 154 valence electrons. The normalized spacial score (nSPS) is 12.3. The highest BCUT2D eigenvalue weighted by molar-refractivity contribution is 7.15. The number of nitrogens with one attached hydrogen (secondary N) is 1. The van der Waals surface area contributed by atoms with Crippen molar-refractivity contribution in [1.82, 2.24) is 15.5 Å². The highest BCUT2D eigenvalue weighted by Crippen LogP contribution is 2.36. The van der Waals surface area contributed by atoms with Gasteiger partial charge in [-0.3, -0.25) is 0 Å². The highest BCUT2D eigenvalue weighted by atomic mass is 32.1. The van der Waals surface area contributed by atoms with Crippen molar-refractivity contribution in [2.24, 2.45) is 0 Å². The van der Waals surface area contributed by atoms with Gasteiger partial charge in [0.05, 0.1) is 18.5 Å². The first-order valence-electron chi connectivity index (χ1n) is 10.2. The van der Waals surface area contributed by atoms with Gasteiger partial charge in [-0.05, 0) is 67.8 Å². The molecule has 4 nitrogen and oxygen atoms in total. The summed E-state index contributed by atoms with van der Waals surface area (Å²) in [4.78, 5) is 2.67. The fourth-order valence-electron chi connectivity index (χ4n) is 3.86. The van der Waals surface area contributed by atoms with Crippen molar-refractivity contribution >= 4 is 22.1 Å². The number of rotatable bonds is 7. The van der Waals surface area contributed by atoms with Crippen LogP contribution in [0.3, 0.4) is 0 Å². The molecule has 0 fully saturated rings. The molecule has 1 atom stereocenters. The fraction of sp³-hybridized carbons (Fsp3) is 0.280. The number of ether oxygens (including phenoxy) is 1. The summed E-state index contributed by atoms with van der Waals surface area (Å²) in [5, 5.41) is 14.5. The van der Waals surface area contributed by atoms with Crippen LogP contribution in [0.15, 0.2) is 54.6 Å². The monoisotopic (exact) mass is 417 g/mol. The molecule has 1 N–H and O–H groups in total. The number of aromatic nitrogens is 2. The maximum absolute atomic E-state index is 5.44. The summed E-state index contributed by atoms with van der Waals surface area (Å²) in [6.07, 6.45) is 0.842. The third kappa shape index (κ3) is 4.09. The SMILES string of the molecule is CNCc1ccccc1-c1ccc([C@@H](C)Cc2nnc(C)c3ccc(OC)cc23)s1. The van der Waals surface area contributed by atoms with Gasteiger partial charge in [0.1, 0.15) is 5.75 Å². The highest BCUT2D eigenvalue weighted by Gasteiger charge is 2.16. The van der Waals surface area contributed by atoms with Gasteiger partial charge < -0.3 is 10.1 Å². The molecule has 0 aliphatic rings. The minimum absolute atomic E-state index is 0.353. The number of nitrogens with zero attached hydrogens (tertiary/aromatic N) is 2. The van der Waals surface area contributed by atoms with Gasteiger partial charge in [-0.2, -0.15) is 10.2 Å². The van der Waals surface area contributed by atoms with E-state index in [4.69, 9.17) is 4.74 Å². The van der Waals surface area contributed by atoms with Gasteiger partial charge >= 0.3 is 0 Å². The zero-order valence-corrected chi connectivity index (χ0v) is 18.7. The predicted octanol–water partition coefficient (Wildman–Crippen LogP) is 5.74. The Labute approximate surface area is 181 Å². The van der Waals surface area contributed by atoms with Crippen molar-refractivity contribution in [2.75, 3.05) is 14.2 Å². The van der Waals surface area contributed by atoms with E-state index in [-0.39, 0.29) is 0 Å².